The van der Waals surface area contributed by atoms with E-state index in [9.17, 15) is 0 Å². The summed E-state index contributed by atoms with van der Waals surface area (Å²) in [5.74, 6) is 1.84. The van der Waals surface area contributed by atoms with Crippen LogP contribution in [-0.4, -0.2) is 97.8 Å². The maximum absolute atomic E-state index is 5.25. The van der Waals surface area contributed by atoms with E-state index in [1.807, 2.05) is 6.07 Å². The minimum Gasteiger partial charge on any atom is -0.383 e. The van der Waals surface area contributed by atoms with Crippen molar-refractivity contribution in [3.63, 3.8) is 0 Å². The van der Waals surface area contributed by atoms with E-state index in [0.717, 1.165) is 76.9 Å². The summed E-state index contributed by atoms with van der Waals surface area (Å²) in [7, 11) is 1.77. The van der Waals surface area contributed by atoms with E-state index in [4.69, 9.17) is 9.73 Å². The zero-order valence-corrected chi connectivity index (χ0v) is 16.7. The number of rotatable bonds is 9. The van der Waals surface area contributed by atoms with Gasteiger partial charge < -0.3 is 19.9 Å². The van der Waals surface area contributed by atoms with Crippen LogP contribution in [0.2, 0.25) is 0 Å². The van der Waals surface area contributed by atoms with E-state index in [2.05, 4.69) is 36.9 Å². The van der Waals surface area contributed by atoms with Crippen molar-refractivity contribution in [3.05, 3.63) is 18.5 Å². The Morgan fingerprint density at radius 3 is 2.59 bits per heavy atom. The highest BCUT2D eigenvalue weighted by Crippen LogP contribution is 2.26. The molecule has 0 unspecified atom stereocenters. The molecule has 8 heteroatoms. The minimum absolute atomic E-state index is 0.743. The lowest BCUT2D eigenvalue weighted by molar-refractivity contribution is 0.145. The van der Waals surface area contributed by atoms with Gasteiger partial charge in [0.2, 0.25) is 5.95 Å². The lowest BCUT2D eigenvalue weighted by Crippen LogP contribution is -2.53. The molecule has 1 saturated carbocycles. The van der Waals surface area contributed by atoms with Gasteiger partial charge in [0, 0.05) is 71.4 Å². The molecule has 0 radical (unpaired) electrons. The molecule has 0 spiro atoms. The summed E-state index contributed by atoms with van der Waals surface area (Å²) in [6.07, 6.45) is 6.24. The van der Waals surface area contributed by atoms with Crippen LogP contribution in [0.5, 0.6) is 0 Å². The highest BCUT2D eigenvalue weighted by Gasteiger charge is 2.28. The molecule has 1 saturated heterocycles. The average Bonchev–Trinajstić information content (AvgIpc) is 3.56. The number of guanidine groups is 1. The SMILES string of the molecule is CCNC(=NCCN(CCOC)C1CC1)N1CCN(c2ncccn2)CC1. The number of piperazine rings is 1. The predicted molar refractivity (Wildman–Crippen MR) is 108 cm³/mol. The topological polar surface area (TPSA) is 69.1 Å². The Bertz CT molecular complexity index is 571. The second kappa shape index (κ2) is 10.4. The molecule has 0 amide bonds. The van der Waals surface area contributed by atoms with Crippen molar-refractivity contribution in [2.45, 2.75) is 25.8 Å². The number of nitrogens with one attached hydrogen (secondary N) is 1. The molecule has 150 valence electrons. The Morgan fingerprint density at radius 1 is 1.22 bits per heavy atom. The van der Waals surface area contributed by atoms with Crippen LogP contribution in [0.25, 0.3) is 0 Å². The highest BCUT2D eigenvalue weighted by atomic mass is 16.5. The van der Waals surface area contributed by atoms with E-state index < -0.39 is 0 Å². The first kappa shape index (κ1) is 19.8. The zero-order chi connectivity index (χ0) is 18.9. The number of hydrogen-bond acceptors (Lipinski definition) is 6. The van der Waals surface area contributed by atoms with Gasteiger partial charge in [-0.15, -0.1) is 0 Å². The summed E-state index contributed by atoms with van der Waals surface area (Å²) in [6.45, 7) is 10.3. The molecule has 0 bridgehead atoms. The Kier molecular flexibility index (Phi) is 7.65. The molecule has 0 atom stereocenters. The Morgan fingerprint density at radius 2 is 1.96 bits per heavy atom. The Hall–Kier alpha value is -1.93. The van der Waals surface area contributed by atoms with Crippen LogP contribution < -0.4 is 10.2 Å². The molecule has 27 heavy (non-hydrogen) atoms. The molecule has 2 fully saturated rings. The summed E-state index contributed by atoms with van der Waals surface area (Å²) < 4.78 is 5.25. The smallest absolute Gasteiger partial charge is 0.225 e. The minimum atomic E-state index is 0.743. The molecular weight excluding hydrogens is 342 g/mol. The summed E-state index contributed by atoms with van der Waals surface area (Å²) in [5, 5.41) is 3.45. The molecule has 2 heterocycles. The second-order valence-corrected chi connectivity index (χ2v) is 7.02. The maximum Gasteiger partial charge on any atom is 0.225 e. The summed E-state index contributed by atoms with van der Waals surface area (Å²) in [5.41, 5.74) is 0. The van der Waals surface area contributed by atoms with Gasteiger partial charge in [0.1, 0.15) is 0 Å². The molecule has 0 aromatic carbocycles. The largest absolute Gasteiger partial charge is 0.383 e. The van der Waals surface area contributed by atoms with Crippen molar-refractivity contribution in [3.8, 4) is 0 Å². The lowest BCUT2D eigenvalue weighted by atomic mass is 10.3. The Balaban J connectivity index is 1.50. The molecule has 1 aromatic rings. The molecule has 1 aromatic heterocycles. The number of aromatic nitrogens is 2. The molecule has 8 nitrogen and oxygen atoms in total. The first-order valence-electron chi connectivity index (χ1n) is 10.1. The van der Waals surface area contributed by atoms with Crippen molar-refractivity contribution in [1.29, 1.82) is 0 Å². The van der Waals surface area contributed by atoms with Crippen LogP contribution in [0, 0.1) is 0 Å². The summed E-state index contributed by atoms with van der Waals surface area (Å²) >= 11 is 0. The van der Waals surface area contributed by atoms with Crippen molar-refractivity contribution in [2.75, 3.05) is 71.0 Å². The van der Waals surface area contributed by atoms with E-state index in [-0.39, 0.29) is 0 Å². The van der Waals surface area contributed by atoms with Gasteiger partial charge in [-0.05, 0) is 25.8 Å². The Labute approximate surface area is 162 Å². The van der Waals surface area contributed by atoms with Crippen LogP contribution in [-0.2, 0) is 4.74 Å². The summed E-state index contributed by atoms with van der Waals surface area (Å²) in [6, 6.07) is 2.60. The van der Waals surface area contributed by atoms with Gasteiger partial charge in [0.15, 0.2) is 5.96 Å². The van der Waals surface area contributed by atoms with Gasteiger partial charge in [-0.1, -0.05) is 0 Å². The molecular formula is C19H33N7O. The maximum atomic E-state index is 5.25. The van der Waals surface area contributed by atoms with Crippen molar-refractivity contribution < 1.29 is 4.74 Å². The fourth-order valence-electron chi connectivity index (χ4n) is 3.41. The van der Waals surface area contributed by atoms with Crippen molar-refractivity contribution in [1.82, 2.24) is 25.1 Å². The molecule has 2 aliphatic rings. The first-order valence-corrected chi connectivity index (χ1v) is 10.1. The third kappa shape index (κ3) is 6.04. The molecule has 1 N–H and O–H groups in total. The fraction of sp³-hybridized carbons (Fsp3) is 0.737. The van der Waals surface area contributed by atoms with Gasteiger partial charge >= 0.3 is 0 Å². The molecule has 1 aliphatic heterocycles. The van der Waals surface area contributed by atoms with Crippen LogP contribution in [0.15, 0.2) is 23.5 Å². The van der Waals surface area contributed by atoms with E-state index in [1.54, 1.807) is 19.5 Å². The highest BCUT2D eigenvalue weighted by molar-refractivity contribution is 5.80. The van der Waals surface area contributed by atoms with Crippen LogP contribution in [0.3, 0.4) is 0 Å². The molecule has 3 rings (SSSR count). The van der Waals surface area contributed by atoms with Crippen molar-refractivity contribution in [2.24, 2.45) is 4.99 Å². The van der Waals surface area contributed by atoms with E-state index >= 15 is 0 Å². The van der Waals surface area contributed by atoms with Gasteiger partial charge in [-0.25, -0.2) is 9.97 Å². The zero-order valence-electron chi connectivity index (χ0n) is 16.7. The summed E-state index contributed by atoms with van der Waals surface area (Å²) in [4.78, 5) is 20.7. The number of aliphatic imine (C=N–C) groups is 1. The standard InChI is InChI=1S/C19H33N7O/c1-3-20-18(23-9-10-24(15-16-27-2)17-5-6-17)25-11-13-26(14-12-25)19-21-7-4-8-22-19/h4,7-8,17H,3,5-6,9-16H2,1-2H3,(H,20,23). The second-order valence-electron chi connectivity index (χ2n) is 7.02. The van der Waals surface area contributed by atoms with Gasteiger partial charge in [-0.2, -0.15) is 0 Å². The van der Waals surface area contributed by atoms with Gasteiger partial charge in [0.05, 0.1) is 13.2 Å². The number of methoxy groups -OCH3 is 1. The first-order chi connectivity index (χ1) is 13.3. The van der Waals surface area contributed by atoms with E-state index in [0.29, 0.717) is 0 Å². The molecule has 1 aliphatic carbocycles. The van der Waals surface area contributed by atoms with Gasteiger partial charge in [0.25, 0.3) is 0 Å². The predicted octanol–water partition coefficient (Wildman–Crippen LogP) is 0.675. The third-order valence-corrected chi connectivity index (χ3v) is 5.04. The quantitative estimate of drug-likeness (QED) is 0.503. The number of ether oxygens (including phenoxy) is 1. The van der Waals surface area contributed by atoms with Gasteiger partial charge in [-0.3, -0.25) is 9.89 Å². The monoisotopic (exact) mass is 375 g/mol. The van der Waals surface area contributed by atoms with Crippen LogP contribution in [0.1, 0.15) is 19.8 Å². The number of hydrogen-bond donors (Lipinski definition) is 1. The average molecular weight is 376 g/mol. The normalized spacial score (nSPS) is 18.3. The van der Waals surface area contributed by atoms with Crippen LogP contribution >= 0.6 is 0 Å². The lowest BCUT2D eigenvalue weighted by Gasteiger charge is -2.36. The van der Waals surface area contributed by atoms with Crippen molar-refractivity contribution >= 4 is 11.9 Å². The fourth-order valence-corrected chi connectivity index (χ4v) is 3.41. The van der Waals surface area contributed by atoms with Crippen LogP contribution in [0.4, 0.5) is 5.95 Å². The third-order valence-electron chi connectivity index (χ3n) is 5.04. The van der Waals surface area contributed by atoms with E-state index in [1.165, 1.54) is 12.8 Å². The number of nitrogens with zero attached hydrogens (tertiary/aromatic N) is 6. The number of anilines is 1.